The van der Waals surface area contributed by atoms with Crippen molar-refractivity contribution in [3.63, 3.8) is 0 Å². The number of fused-ring (bicyclic) bond motifs is 1. The number of halogens is 1. The molecule has 0 aliphatic rings. The summed E-state index contributed by atoms with van der Waals surface area (Å²) in [7, 11) is 1.27. The Labute approximate surface area is 78.7 Å². The van der Waals surface area contributed by atoms with Crippen LogP contribution in [0.4, 0.5) is 4.39 Å². The van der Waals surface area contributed by atoms with Crippen molar-refractivity contribution >= 4 is 16.9 Å². The number of nitrogens with one attached hydrogen (secondary N) is 1. The van der Waals surface area contributed by atoms with Crippen LogP contribution in [0.1, 0.15) is 10.5 Å². The Hall–Kier alpha value is -1.91. The number of esters is 1. The van der Waals surface area contributed by atoms with Crippen molar-refractivity contribution in [1.82, 2.24) is 10.2 Å². The van der Waals surface area contributed by atoms with Gasteiger partial charge in [-0.15, -0.1) is 0 Å². The number of benzene rings is 1. The summed E-state index contributed by atoms with van der Waals surface area (Å²) in [5, 5.41) is 6.85. The molecule has 1 heterocycles. The fourth-order valence-corrected chi connectivity index (χ4v) is 1.24. The number of aromatic amines is 1. The second-order valence-corrected chi connectivity index (χ2v) is 2.75. The van der Waals surface area contributed by atoms with Gasteiger partial charge in [0, 0.05) is 5.39 Å². The molecule has 0 aliphatic carbocycles. The lowest BCUT2D eigenvalue weighted by Crippen LogP contribution is -2.01. The molecule has 0 unspecified atom stereocenters. The van der Waals surface area contributed by atoms with Gasteiger partial charge in [-0.2, -0.15) is 5.10 Å². The van der Waals surface area contributed by atoms with E-state index in [2.05, 4.69) is 14.9 Å². The number of H-pyrrole nitrogens is 1. The predicted octanol–water partition coefficient (Wildman–Crippen LogP) is 1.49. The maximum atomic E-state index is 12.8. The molecule has 0 spiro atoms. The van der Waals surface area contributed by atoms with Crippen molar-refractivity contribution in [2.45, 2.75) is 0 Å². The monoisotopic (exact) mass is 194 g/mol. The highest BCUT2D eigenvalue weighted by atomic mass is 19.1. The van der Waals surface area contributed by atoms with Gasteiger partial charge < -0.3 is 4.74 Å². The topological polar surface area (TPSA) is 55.0 Å². The van der Waals surface area contributed by atoms with Gasteiger partial charge in [0.25, 0.3) is 0 Å². The molecule has 1 aromatic carbocycles. The Bertz CT molecular complexity index is 493. The quantitative estimate of drug-likeness (QED) is 0.699. The normalized spacial score (nSPS) is 10.4. The van der Waals surface area contributed by atoms with Gasteiger partial charge in [0.1, 0.15) is 5.82 Å². The van der Waals surface area contributed by atoms with Gasteiger partial charge in [0.15, 0.2) is 5.69 Å². The van der Waals surface area contributed by atoms with Crippen molar-refractivity contribution in [3.05, 3.63) is 29.7 Å². The number of aromatic nitrogens is 2. The molecule has 5 heteroatoms. The molecule has 1 N–H and O–H groups in total. The van der Waals surface area contributed by atoms with E-state index >= 15 is 0 Å². The SMILES string of the molecule is COC(=O)c1n[nH]c2cc(F)ccc12. The zero-order valence-corrected chi connectivity index (χ0v) is 7.37. The summed E-state index contributed by atoms with van der Waals surface area (Å²) >= 11 is 0. The number of hydrogen-bond donors (Lipinski definition) is 1. The Kier molecular flexibility index (Phi) is 1.92. The summed E-state index contributed by atoms with van der Waals surface area (Å²) < 4.78 is 17.3. The van der Waals surface area contributed by atoms with E-state index in [0.29, 0.717) is 10.9 Å². The van der Waals surface area contributed by atoms with Gasteiger partial charge in [-0.3, -0.25) is 5.10 Å². The van der Waals surface area contributed by atoms with Crippen molar-refractivity contribution < 1.29 is 13.9 Å². The summed E-state index contributed by atoms with van der Waals surface area (Å²) in [4.78, 5) is 11.2. The van der Waals surface area contributed by atoms with Gasteiger partial charge in [-0.25, -0.2) is 9.18 Å². The van der Waals surface area contributed by atoms with E-state index in [0.717, 1.165) is 0 Å². The second kappa shape index (κ2) is 3.10. The average Bonchev–Trinajstić information content (AvgIpc) is 2.59. The van der Waals surface area contributed by atoms with Crippen LogP contribution in [0, 0.1) is 5.82 Å². The van der Waals surface area contributed by atoms with Gasteiger partial charge in [-0.05, 0) is 18.2 Å². The fourth-order valence-electron chi connectivity index (χ4n) is 1.24. The summed E-state index contributed by atoms with van der Waals surface area (Å²) in [5.74, 6) is -0.916. The van der Waals surface area contributed by atoms with Crippen LogP contribution in [0.3, 0.4) is 0 Å². The molecule has 4 nitrogen and oxygen atoms in total. The van der Waals surface area contributed by atoms with Crippen molar-refractivity contribution in [2.24, 2.45) is 0 Å². The molecule has 2 rings (SSSR count). The molecule has 72 valence electrons. The molecule has 0 saturated carbocycles. The molecule has 2 aromatic rings. The average molecular weight is 194 g/mol. The lowest BCUT2D eigenvalue weighted by atomic mass is 10.2. The number of nitrogens with zero attached hydrogens (tertiary/aromatic N) is 1. The molecule has 0 fully saturated rings. The van der Waals surface area contributed by atoms with E-state index in [9.17, 15) is 9.18 Å². The van der Waals surface area contributed by atoms with E-state index in [4.69, 9.17) is 0 Å². The van der Waals surface area contributed by atoms with Gasteiger partial charge >= 0.3 is 5.97 Å². The van der Waals surface area contributed by atoms with Crippen molar-refractivity contribution in [1.29, 1.82) is 0 Å². The Balaban J connectivity index is 2.64. The zero-order chi connectivity index (χ0) is 10.1. The number of hydrogen-bond acceptors (Lipinski definition) is 3. The second-order valence-electron chi connectivity index (χ2n) is 2.75. The van der Waals surface area contributed by atoms with Crippen LogP contribution < -0.4 is 0 Å². The number of rotatable bonds is 1. The fraction of sp³-hybridized carbons (Fsp3) is 0.111. The standard InChI is InChI=1S/C9H7FN2O2/c1-14-9(13)8-6-3-2-5(10)4-7(6)11-12-8/h2-4H,1H3,(H,11,12). The Morgan fingerprint density at radius 2 is 2.36 bits per heavy atom. The number of ether oxygens (including phenoxy) is 1. The lowest BCUT2D eigenvalue weighted by molar-refractivity contribution is 0.0596. The summed E-state index contributed by atoms with van der Waals surface area (Å²) in [6, 6.07) is 4.03. The van der Waals surface area contributed by atoms with Gasteiger partial charge in [0.05, 0.1) is 12.6 Å². The summed E-state index contributed by atoms with van der Waals surface area (Å²) in [5.41, 5.74) is 0.646. The number of methoxy groups -OCH3 is 1. The first-order valence-electron chi connectivity index (χ1n) is 3.94. The summed E-state index contributed by atoms with van der Waals surface area (Å²) in [6.45, 7) is 0. The molecule has 0 saturated heterocycles. The van der Waals surface area contributed by atoms with E-state index < -0.39 is 5.97 Å². The van der Waals surface area contributed by atoms with Crippen molar-refractivity contribution in [2.75, 3.05) is 7.11 Å². The highest BCUT2D eigenvalue weighted by molar-refractivity contribution is 6.01. The van der Waals surface area contributed by atoms with Crippen LogP contribution in [0.25, 0.3) is 10.9 Å². The number of carbonyl (C=O) groups is 1. The molecular formula is C9H7FN2O2. The lowest BCUT2D eigenvalue weighted by Gasteiger charge is -1.94. The zero-order valence-electron chi connectivity index (χ0n) is 7.37. The molecule has 1 aromatic heterocycles. The molecule has 0 radical (unpaired) electrons. The Morgan fingerprint density at radius 3 is 3.07 bits per heavy atom. The van der Waals surface area contributed by atoms with Crippen LogP contribution in [0.2, 0.25) is 0 Å². The smallest absolute Gasteiger partial charge is 0.359 e. The van der Waals surface area contributed by atoms with Crippen LogP contribution >= 0.6 is 0 Å². The molecule has 0 amide bonds. The van der Waals surface area contributed by atoms with Crippen LogP contribution in [0.15, 0.2) is 18.2 Å². The first-order valence-corrected chi connectivity index (χ1v) is 3.94. The van der Waals surface area contributed by atoms with E-state index in [1.807, 2.05) is 0 Å². The van der Waals surface area contributed by atoms with Gasteiger partial charge in [-0.1, -0.05) is 0 Å². The maximum absolute atomic E-state index is 12.8. The van der Waals surface area contributed by atoms with Gasteiger partial charge in [0.2, 0.25) is 0 Å². The van der Waals surface area contributed by atoms with Crippen LogP contribution in [-0.4, -0.2) is 23.3 Å². The van der Waals surface area contributed by atoms with E-state index in [1.54, 1.807) is 0 Å². The van der Waals surface area contributed by atoms with E-state index in [-0.39, 0.29) is 11.5 Å². The third-order valence-corrected chi connectivity index (χ3v) is 1.90. The third kappa shape index (κ3) is 1.22. The molecule has 14 heavy (non-hydrogen) atoms. The van der Waals surface area contributed by atoms with Crippen LogP contribution in [-0.2, 0) is 4.74 Å². The Morgan fingerprint density at radius 1 is 1.57 bits per heavy atom. The molecule has 0 bridgehead atoms. The summed E-state index contributed by atoms with van der Waals surface area (Å²) in [6.07, 6.45) is 0. The third-order valence-electron chi connectivity index (χ3n) is 1.90. The minimum absolute atomic E-state index is 0.169. The number of carbonyl (C=O) groups excluding carboxylic acids is 1. The first-order chi connectivity index (χ1) is 6.72. The molecular weight excluding hydrogens is 187 g/mol. The van der Waals surface area contributed by atoms with Crippen molar-refractivity contribution in [3.8, 4) is 0 Å². The molecule has 0 atom stereocenters. The van der Waals surface area contributed by atoms with Crippen LogP contribution in [0.5, 0.6) is 0 Å². The minimum Gasteiger partial charge on any atom is -0.464 e. The highest BCUT2D eigenvalue weighted by Crippen LogP contribution is 2.17. The molecule has 0 aliphatic heterocycles. The predicted molar refractivity (Wildman–Crippen MR) is 47.4 cm³/mol. The van der Waals surface area contributed by atoms with E-state index in [1.165, 1.54) is 25.3 Å². The minimum atomic E-state index is -0.539. The maximum Gasteiger partial charge on any atom is 0.359 e. The largest absolute Gasteiger partial charge is 0.464 e. The highest BCUT2D eigenvalue weighted by Gasteiger charge is 2.14. The first kappa shape index (κ1) is 8.68.